The molecule has 92 valence electrons. The van der Waals surface area contributed by atoms with Crippen molar-refractivity contribution in [1.82, 2.24) is 0 Å². The Kier molecular flexibility index (Phi) is 4.70. The lowest BCUT2D eigenvalue weighted by Gasteiger charge is -2.16. The molecule has 0 aromatic carbocycles. The van der Waals surface area contributed by atoms with Crippen LogP contribution in [0.5, 0.6) is 0 Å². The highest BCUT2D eigenvalue weighted by Crippen LogP contribution is 2.20. The van der Waals surface area contributed by atoms with Gasteiger partial charge in [-0.05, 0) is 12.8 Å². The summed E-state index contributed by atoms with van der Waals surface area (Å²) in [6, 6.07) is 0. The molecule has 0 aliphatic carbocycles. The van der Waals surface area contributed by atoms with Gasteiger partial charge in [-0.15, -0.1) is 0 Å². The van der Waals surface area contributed by atoms with Crippen molar-refractivity contribution in [3.05, 3.63) is 0 Å². The number of aliphatic hydroxyl groups excluding tert-OH is 1. The van der Waals surface area contributed by atoms with Crippen LogP contribution in [-0.2, 0) is 23.8 Å². The molecular weight excluding hydrogens is 216 g/mol. The number of ether oxygens (including phenoxy) is 3. The number of hydrogen-bond donors (Lipinski definition) is 1. The third kappa shape index (κ3) is 2.93. The fourth-order valence-electron chi connectivity index (χ4n) is 1.63. The van der Waals surface area contributed by atoms with Crippen LogP contribution in [0.3, 0.4) is 0 Å². The van der Waals surface area contributed by atoms with Gasteiger partial charge in [0.25, 0.3) is 0 Å². The molecule has 3 atom stereocenters. The second kappa shape index (κ2) is 5.81. The average molecular weight is 232 g/mol. The van der Waals surface area contributed by atoms with Crippen LogP contribution in [0.15, 0.2) is 0 Å². The van der Waals surface area contributed by atoms with Crippen LogP contribution in [-0.4, -0.2) is 50.1 Å². The van der Waals surface area contributed by atoms with E-state index in [2.05, 4.69) is 9.47 Å². The van der Waals surface area contributed by atoms with Gasteiger partial charge >= 0.3 is 11.9 Å². The summed E-state index contributed by atoms with van der Waals surface area (Å²) >= 11 is 0. The number of esters is 2. The molecule has 1 aliphatic rings. The first-order chi connectivity index (χ1) is 7.60. The highest BCUT2D eigenvalue weighted by Gasteiger charge is 2.35. The lowest BCUT2D eigenvalue weighted by molar-refractivity contribution is -0.159. The van der Waals surface area contributed by atoms with Crippen molar-refractivity contribution in [2.45, 2.75) is 25.0 Å². The van der Waals surface area contributed by atoms with Crippen molar-refractivity contribution in [2.24, 2.45) is 5.92 Å². The highest BCUT2D eigenvalue weighted by atomic mass is 16.6. The summed E-state index contributed by atoms with van der Waals surface area (Å²) < 4.78 is 14.3. The van der Waals surface area contributed by atoms with E-state index in [1.54, 1.807) is 0 Å². The average Bonchev–Trinajstić information content (AvgIpc) is 2.49. The van der Waals surface area contributed by atoms with Crippen molar-refractivity contribution in [1.29, 1.82) is 0 Å². The first kappa shape index (κ1) is 12.9. The van der Waals surface area contributed by atoms with Gasteiger partial charge in [0.2, 0.25) is 0 Å². The molecule has 0 bridgehead atoms. The van der Waals surface area contributed by atoms with Gasteiger partial charge in [-0.3, -0.25) is 4.79 Å². The highest BCUT2D eigenvalue weighted by molar-refractivity contribution is 5.75. The quantitative estimate of drug-likeness (QED) is 0.646. The Balaban J connectivity index is 2.62. The molecule has 1 N–H and O–H groups in total. The van der Waals surface area contributed by atoms with Gasteiger partial charge in [0.1, 0.15) is 5.92 Å². The first-order valence-corrected chi connectivity index (χ1v) is 5.05. The zero-order chi connectivity index (χ0) is 12.1. The predicted molar refractivity (Wildman–Crippen MR) is 52.5 cm³/mol. The molecule has 0 spiro atoms. The van der Waals surface area contributed by atoms with Gasteiger partial charge in [0.05, 0.1) is 26.9 Å². The molecule has 6 nitrogen and oxygen atoms in total. The molecule has 0 aromatic rings. The van der Waals surface area contributed by atoms with Crippen LogP contribution >= 0.6 is 0 Å². The second-order valence-electron chi connectivity index (χ2n) is 3.62. The van der Waals surface area contributed by atoms with E-state index >= 15 is 0 Å². The van der Waals surface area contributed by atoms with Crippen LogP contribution in [0.4, 0.5) is 0 Å². The minimum absolute atomic E-state index is 0.0341. The molecule has 0 aromatic heterocycles. The molecule has 16 heavy (non-hydrogen) atoms. The molecular formula is C10H16O6. The molecule has 1 heterocycles. The number of carbonyl (C=O) groups is 2. The fraction of sp³-hybridized carbons (Fsp3) is 0.800. The van der Waals surface area contributed by atoms with Crippen LogP contribution in [0.25, 0.3) is 0 Å². The van der Waals surface area contributed by atoms with E-state index in [1.807, 2.05) is 0 Å². The number of hydrogen-bond acceptors (Lipinski definition) is 6. The smallest absolute Gasteiger partial charge is 0.334 e. The van der Waals surface area contributed by atoms with E-state index in [1.165, 1.54) is 14.2 Å². The van der Waals surface area contributed by atoms with Gasteiger partial charge in [0, 0.05) is 0 Å². The van der Waals surface area contributed by atoms with Crippen molar-refractivity contribution in [3.63, 3.8) is 0 Å². The number of carbonyl (C=O) groups excluding carboxylic acids is 2. The molecule has 6 heteroatoms. The first-order valence-electron chi connectivity index (χ1n) is 5.05. The zero-order valence-electron chi connectivity index (χ0n) is 9.34. The Morgan fingerprint density at radius 3 is 2.38 bits per heavy atom. The van der Waals surface area contributed by atoms with Gasteiger partial charge < -0.3 is 19.3 Å². The topological polar surface area (TPSA) is 82.1 Å². The summed E-state index contributed by atoms with van der Waals surface area (Å²) in [5, 5.41) is 9.69. The molecule has 1 unspecified atom stereocenters. The molecule has 0 radical (unpaired) electrons. The van der Waals surface area contributed by atoms with E-state index < -0.39 is 30.1 Å². The van der Waals surface area contributed by atoms with Crippen molar-refractivity contribution < 1.29 is 28.9 Å². The Labute approximate surface area is 93.5 Å². The predicted octanol–water partition coefficient (Wildman–Crippen LogP) is -0.512. The second-order valence-corrected chi connectivity index (χ2v) is 3.62. The zero-order valence-corrected chi connectivity index (χ0v) is 9.34. The lowest BCUT2D eigenvalue weighted by Crippen LogP contribution is -2.32. The Morgan fingerprint density at radius 1 is 1.19 bits per heavy atom. The van der Waals surface area contributed by atoms with E-state index in [9.17, 15) is 14.7 Å². The lowest BCUT2D eigenvalue weighted by atomic mass is 10.00. The Bertz CT molecular complexity index is 264. The summed E-state index contributed by atoms with van der Waals surface area (Å²) in [6.45, 7) is -0.0341. The van der Waals surface area contributed by atoms with Crippen molar-refractivity contribution >= 4 is 11.9 Å². The van der Waals surface area contributed by atoms with Gasteiger partial charge in [-0.1, -0.05) is 0 Å². The summed E-state index contributed by atoms with van der Waals surface area (Å²) in [5.41, 5.74) is 0. The molecule has 0 amide bonds. The van der Waals surface area contributed by atoms with E-state index in [0.717, 1.165) is 0 Å². The van der Waals surface area contributed by atoms with Crippen molar-refractivity contribution in [2.75, 3.05) is 20.8 Å². The van der Waals surface area contributed by atoms with Gasteiger partial charge in [-0.2, -0.15) is 0 Å². The monoisotopic (exact) mass is 232 g/mol. The van der Waals surface area contributed by atoms with Crippen molar-refractivity contribution in [3.8, 4) is 0 Å². The SMILES string of the molecule is COC(=O)[C@H]1CO[C@@H](C(=O)OC)CCC1O. The van der Waals surface area contributed by atoms with E-state index in [0.29, 0.717) is 12.8 Å². The van der Waals surface area contributed by atoms with Crippen LogP contribution < -0.4 is 0 Å². The third-order valence-electron chi connectivity index (χ3n) is 2.63. The maximum atomic E-state index is 11.3. The number of methoxy groups -OCH3 is 2. The van der Waals surface area contributed by atoms with E-state index in [4.69, 9.17) is 4.74 Å². The summed E-state index contributed by atoms with van der Waals surface area (Å²) in [6.07, 6.45) is -0.919. The minimum atomic E-state index is -0.845. The minimum Gasteiger partial charge on any atom is -0.469 e. The van der Waals surface area contributed by atoms with Gasteiger partial charge in [-0.25, -0.2) is 4.79 Å². The Morgan fingerprint density at radius 2 is 1.81 bits per heavy atom. The fourth-order valence-corrected chi connectivity index (χ4v) is 1.63. The summed E-state index contributed by atoms with van der Waals surface area (Å²) in [4.78, 5) is 22.5. The summed E-state index contributed by atoms with van der Waals surface area (Å²) in [5.74, 6) is -1.75. The van der Waals surface area contributed by atoms with Gasteiger partial charge in [0.15, 0.2) is 6.10 Å². The van der Waals surface area contributed by atoms with E-state index in [-0.39, 0.29) is 6.61 Å². The Hall–Kier alpha value is -1.14. The maximum Gasteiger partial charge on any atom is 0.334 e. The molecule has 1 aliphatic heterocycles. The molecule has 1 fully saturated rings. The standard InChI is InChI=1S/C10H16O6/c1-14-9(12)6-5-16-8(10(13)15-2)4-3-7(6)11/h6-8,11H,3-5H2,1-2H3/t6-,7?,8+/m0/s1. The van der Waals surface area contributed by atoms with Crippen LogP contribution in [0.2, 0.25) is 0 Å². The largest absolute Gasteiger partial charge is 0.469 e. The van der Waals surface area contributed by atoms with Crippen LogP contribution in [0.1, 0.15) is 12.8 Å². The number of aliphatic hydroxyl groups is 1. The maximum absolute atomic E-state index is 11.3. The third-order valence-corrected chi connectivity index (χ3v) is 2.63. The number of rotatable bonds is 2. The molecule has 1 rings (SSSR count). The molecule has 0 saturated carbocycles. The van der Waals surface area contributed by atoms with Crippen LogP contribution in [0, 0.1) is 5.92 Å². The molecule has 1 saturated heterocycles. The summed E-state index contributed by atoms with van der Waals surface area (Å²) in [7, 11) is 2.52. The normalized spacial score (nSPS) is 30.3.